The number of carbonyl (C=O) groups is 2. The molecule has 36 heavy (non-hydrogen) atoms. The van der Waals surface area contributed by atoms with E-state index in [0.29, 0.717) is 60.4 Å². The normalized spacial score (nSPS) is 13.6. The van der Waals surface area contributed by atoms with Gasteiger partial charge in [0, 0.05) is 44.1 Å². The lowest BCUT2D eigenvalue weighted by atomic mass is 10.1. The zero-order valence-electron chi connectivity index (χ0n) is 19.3. The van der Waals surface area contributed by atoms with Crippen molar-refractivity contribution < 1.29 is 18.7 Å². The lowest BCUT2D eigenvalue weighted by Gasteiger charge is -2.34. The summed E-state index contributed by atoms with van der Waals surface area (Å²) in [5, 5.41) is 0. The summed E-state index contributed by atoms with van der Waals surface area (Å²) in [4.78, 5) is 37.4. The van der Waals surface area contributed by atoms with E-state index >= 15 is 0 Å². The molecule has 5 rings (SSSR count). The molecule has 1 fully saturated rings. The minimum atomic E-state index is -0.623. The van der Waals surface area contributed by atoms with Crippen molar-refractivity contribution in [1.29, 1.82) is 0 Å². The van der Waals surface area contributed by atoms with Crippen molar-refractivity contribution in [3.05, 3.63) is 85.1 Å². The first-order valence-electron chi connectivity index (χ1n) is 11.3. The Morgan fingerprint density at radius 1 is 1.00 bits per heavy atom. The van der Waals surface area contributed by atoms with Gasteiger partial charge in [0.1, 0.15) is 28.7 Å². The number of hydrogen-bond acceptors (Lipinski definition) is 6. The number of aromatic nitrogens is 3. The van der Waals surface area contributed by atoms with Crippen LogP contribution in [0.15, 0.2) is 73.6 Å². The summed E-state index contributed by atoms with van der Waals surface area (Å²) in [5.74, 6) is 0.580. The molecule has 2 amide bonds. The van der Waals surface area contributed by atoms with Crippen LogP contribution in [-0.2, 0) is 4.79 Å². The average Bonchev–Trinajstić information content (AvgIpc) is 3.30. The molecule has 3 heterocycles. The number of nitrogens with zero attached hydrogens (tertiary/aromatic N) is 5. The Labute approximate surface area is 206 Å². The van der Waals surface area contributed by atoms with E-state index < -0.39 is 5.91 Å². The topological polar surface area (TPSA) is 106 Å². The van der Waals surface area contributed by atoms with Gasteiger partial charge in [0.2, 0.25) is 5.91 Å². The van der Waals surface area contributed by atoms with Gasteiger partial charge in [-0.1, -0.05) is 6.58 Å². The van der Waals surface area contributed by atoms with Gasteiger partial charge in [-0.2, -0.15) is 0 Å². The maximum atomic E-state index is 13.1. The number of halogens is 1. The van der Waals surface area contributed by atoms with Gasteiger partial charge in [-0.3, -0.25) is 14.0 Å². The number of ether oxygens (including phenoxy) is 1. The zero-order valence-corrected chi connectivity index (χ0v) is 19.3. The Hall–Kier alpha value is -4.73. The van der Waals surface area contributed by atoms with Gasteiger partial charge in [0.05, 0.1) is 0 Å². The fourth-order valence-corrected chi connectivity index (χ4v) is 4.21. The van der Waals surface area contributed by atoms with Crippen LogP contribution in [-0.4, -0.2) is 57.3 Å². The number of carbonyl (C=O) groups excluding carboxylic acids is 2. The molecule has 0 spiro atoms. The van der Waals surface area contributed by atoms with Crippen LogP contribution in [0.3, 0.4) is 0 Å². The first-order chi connectivity index (χ1) is 17.4. The number of amides is 2. The minimum absolute atomic E-state index is 0.105. The van der Waals surface area contributed by atoms with Gasteiger partial charge >= 0.3 is 0 Å². The molecule has 0 saturated carbocycles. The molecule has 1 aliphatic rings. The van der Waals surface area contributed by atoms with Crippen LogP contribution in [0.1, 0.15) is 10.5 Å². The number of benzene rings is 2. The monoisotopic (exact) mass is 486 g/mol. The van der Waals surface area contributed by atoms with Crippen molar-refractivity contribution in [3.63, 3.8) is 0 Å². The fraction of sp³-hybridized carbons (Fsp3) is 0.154. The van der Waals surface area contributed by atoms with Crippen LogP contribution in [0.5, 0.6) is 11.5 Å². The average molecular weight is 487 g/mol. The number of primary amides is 1. The Bertz CT molecular complexity index is 1440. The van der Waals surface area contributed by atoms with E-state index in [0.717, 1.165) is 0 Å². The molecular formula is C26H23FN6O3. The molecule has 0 bridgehead atoms. The highest BCUT2D eigenvalue weighted by Gasteiger charge is 2.26. The highest BCUT2D eigenvalue weighted by Crippen LogP contribution is 2.30. The summed E-state index contributed by atoms with van der Waals surface area (Å²) in [7, 11) is 0. The Balaban J connectivity index is 1.46. The summed E-state index contributed by atoms with van der Waals surface area (Å²) in [6.45, 7) is 5.73. The van der Waals surface area contributed by atoms with Gasteiger partial charge in [-0.15, -0.1) is 0 Å². The number of hydrogen-bond donors (Lipinski definition) is 1. The highest BCUT2D eigenvalue weighted by molar-refractivity contribution is 5.99. The molecule has 10 heteroatoms. The second-order valence-corrected chi connectivity index (χ2v) is 8.21. The van der Waals surface area contributed by atoms with E-state index in [1.807, 2.05) is 4.90 Å². The maximum Gasteiger partial charge on any atom is 0.268 e. The molecule has 0 unspecified atom stereocenters. The number of imidazole rings is 1. The van der Waals surface area contributed by atoms with Crippen LogP contribution < -0.4 is 15.4 Å². The number of anilines is 1. The van der Waals surface area contributed by atoms with E-state index in [1.54, 1.807) is 46.0 Å². The molecule has 2 aromatic heterocycles. The van der Waals surface area contributed by atoms with E-state index in [-0.39, 0.29) is 17.4 Å². The number of piperazine rings is 1. The van der Waals surface area contributed by atoms with Gasteiger partial charge in [-0.05, 0) is 54.6 Å². The lowest BCUT2D eigenvalue weighted by Crippen LogP contribution is -2.48. The quantitative estimate of drug-likeness (QED) is 0.420. The molecule has 0 radical (unpaired) electrons. The van der Waals surface area contributed by atoms with Crippen LogP contribution >= 0.6 is 0 Å². The number of rotatable bonds is 6. The predicted octanol–water partition coefficient (Wildman–Crippen LogP) is 3.26. The smallest absolute Gasteiger partial charge is 0.268 e. The largest absolute Gasteiger partial charge is 0.457 e. The minimum Gasteiger partial charge on any atom is -0.457 e. The van der Waals surface area contributed by atoms with Gasteiger partial charge < -0.3 is 20.3 Å². The predicted molar refractivity (Wildman–Crippen MR) is 132 cm³/mol. The number of nitrogens with two attached hydrogens (primary N) is 1. The standard InChI is InChI=1S/C26H23FN6O3/c1-2-21(34)31-13-15-32(16-14-31)25-26-30-22(23(24(28)35)33(26)12-11-29-25)17-3-7-19(8-4-17)36-20-9-5-18(27)6-10-20/h2-12H,1,13-16H2,(H2,28,35). The summed E-state index contributed by atoms with van der Waals surface area (Å²) >= 11 is 0. The maximum absolute atomic E-state index is 13.1. The molecular weight excluding hydrogens is 463 g/mol. The van der Waals surface area contributed by atoms with Crippen molar-refractivity contribution in [2.75, 3.05) is 31.1 Å². The SMILES string of the molecule is C=CC(=O)N1CCN(c2nccn3c(C(N)=O)c(-c4ccc(Oc5ccc(F)cc5)cc4)nc23)CC1. The second kappa shape index (κ2) is 9.49. The van der Waals surface area contributed by atoms with Gasteiger partial charge in [0.15, 0.2) is 11.5 Å². The molecule has 1 saturated heterocycles. The number of fused-ring (bicyclic) bond motifs is 1. The van der Waals surface area contributed by atoms with Crippen molar-refractivity contribution in [2.24, 2.45) is 5.73 Å². The molecule has 0 aliphatic carbocycles. The fourth-order valence-electron chi connectivity index (χ4n) is 4.21. The van der Waals surface area contributed by atoms with Crippen LogP contribution in [0.4, 0.5) is 10.2 Å². The van der Waals surface area contributed by atoms with E-state index in [4.69, 9.17) is 15.5 Å². The summed E-state index contributed by atoms with van der Waals surface area (Å²) in [5.41, 5.74) is 7.59. The van der Waals surface area contributed by atoms with Crippen LogP contribution in [0.2, 0.25) is 0 Å². The Kier molecular flexibility index (Phi) is 6.07. The van der Waals surface area contributed by atoms with Crippen LogP contribution in [0, 0.1) is 5.82 Å². The molecule has 9 nitrogen and oxygen atoms in total. The van der Waals surface area contributed by atoms with E-state index in [9.17, 15) is 14.0 Å². The zero-order chi connectivity index (χ0) is 25.2. The summed E-state index contributed by atoms with van der Waals surface area (Å²) in [6.07, 6.45) is 4.56. The van der Waals surface area contributed by atoms with Crippen molar-refractivity contribution in [2.45, 2.75) is 0 Å². The first-order valence-corrected chi connectivity index (χ1v) is 11.3. The van der Waals surface area contributed by atoms with E-state index in [1.165, 1.54) is 30.3 Å². The van der Waals surface area contributed by atoms with E-state index in [2.05, 4.69) is 11.6 Å². The van der Waals surface area contributed by atoms with Crippen molar-refractivity contribution in [3.8, 4) is 22.8 Å². The molecule has 1 aliphatic heterocycles. The summed E-state index contributed by atoms with van der Waals surface area (Å²) in [6, 6.07) is 12.8. The highest BCUT2D eigenvalue weighted by atomic mass is 19.1. The van der Waals surface area contributed by atoms with Crippen LogP contribution in [0.25, 0.3) is 16.9 Å². The van der Waals surface area contributed by atoms with Gasteiger partial charge in [-0.25, -0.2) is 14.4 Å². The Morgan fingerprint density at radius 2 is 1.64 bits per heavy atom. The third-order valence-electron chi connectivity index (χ3n) is 6.00. The Morgan fingerprint density at radius 3 is 2.25 bits per heavy atom. The molecule has 4 aromatic rings. The second-order valence-electron chi connectivity index (χ2n) is 8.21. The van der Waals surface area contributed by atoms with Crippen molar-refractivity contribution in [1.82, 2.24) is 19.3 Å². The molecule has 2 aromatic carbocycles. The third-order valence-corrected chi connectivity index (χ3v) is 6.00. The first kappa shape index (κ1) is 23.0. The molecule has 2 N–H and O–H groups in total. The lowest BCUT2D eigenvalue weighted by molar-refractivity contribution is -0.126. The third kappa shape index (κ3) is 4.36. The molecule has 182 valence electrons. The van der Waals surface area contributed by atoms with Crippen molar-refractivity contribution >= 4 is 23.3 Å². The molecule has 0 atom stereocenters. The summed E-state index contributed by atoms with van der Waals surface area (Å²) < 4.78 is 20.5. The van der Waals surface area contributed by atoms with Gasteiger partial charge in [0.25, 0.3) is 5.91 Å².